The third kappa shape index (κ3) is 4.84. The quantitative estimate of drug-likeness (QED) is 0.906. The Morgan fingerprint density at radius 3 is 2.57 bits per heavy atom. The van der Waals surface area contributed by atoms with Gasteiger partial charge in [0.05, 0.1) is 11.6 Å². The molecule has 21 heavy (non-hydrogen) atoms. The second kappa shape index (κ2) is 8.82. The van der Waals surface area contributed by atoms with E-state index in [9.17, 15) is 4.79 Å². The molecule has 4 nitrogen and oxygen atoms in total. The van der Waals surface area contributed by atoms with Crippen molar-refractivity contribution in [2.75, 3.05) is 0 Å². The zero-order valence-electron chi connectivity index (χ0n) is 12.1. The molecule has 0 saturated carbocycles. The molecular weight excluding hydrogens is 309 g/mol. The number of carbonyl (C=O) groups excluding carboxylic acids is 1. The maximum absolute atomic E-state index is 11.8. The van der Waals surface area contributed by atoms with Crippen LogP contribution in [0.3, 0.4) is 0 Å². The Morgan fingerprint density at radius 1 is 1.24 bits per heavy atom. The van der Waals surface area contributed by atoms with Crippen LogP contribution < -0.4 is 11.1 Å². The number of nitrogens with one attached hydrogen (secondary N) is 1. The highest BCUT2D eigenvalue weighted by Crippen LogP contribution is 2.15. The Kier molecular flexibility index (Phi) is 8.25. The Bertz CT molecular complexity index is 585. The summed E-state index contributed by atoms with van der Waals surface area (Å²) in [4.78, 5) is 16.2. The van der Waals surface area contributed by atoms with E-state index in [-0.39, 0.29) is 36.6 Å². The lowest BCUT2D eigenvalue weighted by atomic mass is 10.0. The minimum atomic E-state index is -0.470. The van der Waals surface area contributed by atoms with Crippen LogP contribution in [0.4, 0.5) is 0 Å². The first-order chi connectivity index (χ1) is 9.09. The molecule has 0 saturated heterocycles. The number of para-hydroxylation sites is 1. The summed E-state index contributed by atoms with van der Waals surface area (Å²) in [6, 6.07) is 9.38. The number of aromatic nitrogens is 1. The summed E-state index contributed by atoms with van der Waals surface area (Å²) >= 11 is 0. The van der Waals surface area contributed by atoms with Crippen LogP contribution in [0.25, 0.3) is 10.9 Å². The summed E-state index contributed by atoms with van der Waals surface area (Å²) in [5.41, 5.74) is 7.73. The van der Waals surface area contributed by atoms with Crippen LogP contribution in [-0.2, 0) is 11.3 Å². The molecule has 0 spiro atoms. The van der Waals surface area contributed by atoms with Crippen molar-refractivity contribution in [2.24, 2.45) is 11.7 Å². The minimum absolute atomic E-state index is 0. The molecule has 6 heteroatoms. The zero-order valence-corrected chi connectivity index (χ0v) is 13.7. The van der Waals surface area contributed by atoms with Crippen molar-refractivity contribution in [3.05, 3.63) is 42.1 Å². The van der Waals surface area contributed by atoms with Crippen molar-refractivity contribution < 1.29 is 4.79 Å². The number of pyridine rings is 1. The third-order valence-electron chi connectivity index (χ3n) is 3.19. The van der Waals surface area contributed by atoms with Gasteiger partial charge in [0.25, 0.3) is 0 Å². The topological polar surface area (TPSA) is 68.0 Å². The summed E-state index contributed by atoms with van der Waals surface area (Å²) in [7, 11) is 0. The predicted octanol–water partition coefficient (Wildman–Crippen LogP) is 2.68. The van der Waals surface area contributed by atoms with Gasteiger partial charge in [-0.25, -0.2) is 0 Å². The van der Waals surface area contributed by atoms with E-state index in [1.165, 1.54) is 0 Å². The molecule has 0 aliphatic carbocycles. The minimum Gasteiger partial charge on any atom is -0.351 e. The average Bonchev–Trinajstić information content (AvgIpc) is 2.43. The molecular formula is C15H21Cl2N3O. The molecule has 1 heterocycles. The van der Waals surface area contributed by atoms with E-state index in [1.54, 1.807) is 6.20 Å². The molecule has 116 valence electrons. The van der Waals surface area contributed by atoms with Gasteiger partial charge < -0.3 is 11.1 Å². The van der Waals surface area contributed by atoms with E-state index < -0.39 is 6.04 Å². The Morgan fingerprint density at radius 2 is 1.90 bits per heavy atom. The number of nitrogens with zero attached hydrogens (tertiary/aromatic N) is 1. The number of fused-ring (bicyclic) bond motifs is 1. The van der Waals surface area contributed by atoms with E-state index in [1.807, 2.05) is 44.2 Å². The first kappa shape index (κ1) is 19.6. The van der Waals surface area contributed by atoms with E-state index in [0.717, 1.165) is 16.5 Å². The van der Waals surface area contributed by atoms with Gasteiger partial charge >= 0.3 is 0 Å². The molecule has 0 aliphatic rings. The van der Waals surface area contributed by atoms with Crippen LogP contribution in [0, 0.1) is 5.92 Å². The van der Waals surface area contributed by atoms with Gasteiger partial charge in [-0.3, -0.25) is 9.78 Å². The standard InChI is InChI=1S/C15H19N3O.2ClH/c1-10(2)13(16)15(19)18-9-12-6-3-5-11-7-4-8-17-14(11)12;;/h3-8,10,13H,9,16H2,1-2H3,(H,18,19);2*1H/t13-;;/m1../s1. The lowest BCUT2D eigenvalue weighted by molar-refractivity contribution is -0.123. The van der Waals surface area contributed by atoms with Gasteiger partial charge in [0.2, 0.25) is 5.91 Å². The van der Waals surface area contributed by atoms with Crippen molar-refractivity contribution in [2.45, 2.75) is 26.4 Å². The Hall–Kier alpha value is -1.36. The fraction of sp³-hybridized carbons (Fsp3) is 0.333. The number of benzene rings is 1. The zero-order chi connectivity index (χ0) is 13.8. The summed E-state index contributed by atoms with van der Waals surface area (Å²) in [6.07, 6.45) is 1.76. The SMILES string of the molecule is CC(C)[C@@H](N)C(=O)NCc1cccc2cccnc12.Cl.Cl. The summed E-state index contributed by atoms with van der Waals surface area (Å²) in [5.74, 6) is 0.00794. The van der Waals surface area contributed by atoms with Crippen molar-refractivity contribution in [1.82, 2.24) is 10.3 Å². The molecule has 0 aliphatic heterocycles. The largest absolute Gasteiger partial charge is 0.351 e. The van der Waals surface area contributed by atoms with Gasteiger partial charge in [0, 0.05) is 18.1 Å². The van der Waals surface area contributed by atoms with Gasteiger partial charge in [-0.05, 0) is 17.5 Å². The van der Waals surface area contributed by atoms with Crippen LogP contribution in [0.5, 0.6) is 0 Å². The highest BCUT2D eigenvalue weighted by Gasteiger charge is 2.16. The second-order valence-electron chi connectivity index (χ2n) is 4.98. The van der Waals surface area contributed by atoms with E-state index >= 15 is 0 Å². The van der Waals surface area contributed by atoms with E-state index in [0.29, 0.717) is 6.54 Å². The molecule has 2 aromatic rings. The Labute approximate surface area is 137 Å². The van der Waals surface area contributed by atoms with Gasteiger partial charge in [-0.1, -0.05) is 38.1 Å². The van der Waals surface area contributed by atoms with Crippen molar-refractivity contribution in [3.63, 3.8) is 0 Å². The van der Waals surface area contributed by atoms with Crippen molar-refractivity contribution in [3.8, 4) is 0 Å². The Balaban J connectivity index is 0.00000200. The molecule has 1 aromatic heterocycles. The molecule has 0 fully saturated rings. The van der Waals surface area contributed by atoms with Crippen LogP contribution in [-0.4, -0.2) is 16.9 Å². The summed E-state index contributed by atoms with van der Waals surface area (Å²) < 4.78 is 0. The maximum atomic E-state index is 11.8. The van der Waals surface area contributed by atoms with Gasteiger partial charge in [0.15, 0.2) is 0 Å². The molecule has 2 rings (SSSR count). The smallest absolute Gasteiger partial charge is 0.237 e. The molecule has 0 bridgehead atoms. The van der Waals surface area contributed by atoms with Gasteiger partial charge in [-0.15, -0.1) is 24.8 Å². The van der Waals surface area contributed by atoms with Crippen molar-refractivity contribution >= 4 is 41.6 Å². The van der Waals surface area contributed by atoms with Crippen LogP contribution in [0.15, 0.2) is 36.5 Å². The number of rotatable bonds is 4. The second-order valence-corrected chi connectivity index (χ2v) is 4.98. The molecule has 1 amide bonds. The fourth-order valence-corrected chi connectivity index (χ4v) is 1.91. The van der Waals surface area contributed by atoms with Crippen LogP contribution in [0.1, 0.15) is 19.4 Å². The molecule has 3 N–H and O–H groups in total. The molecule has 1 aromatic carbocycles. The van der Waals surface area contributed by atoms with Gasteiger partial charge in [-0.2, -0.15) is 0 Å². The number of nitrogens with two attached hydrogens (primary N) is 1. The number of hydrogen-bond donors (Lipinski definition) is 2. The van der Waals surface area contributed by atoms with Crippen LogP contribution >= 0.6 is 24.8 Å². The first-order valence-electron chi connectivity index (χ1n) is 6.45. The summed E-state index contributed by atoms with van der Waals surface area (Å²) in [6.45, 7) is 4.32. The number of halogens is 2. The highest BCUT2D eigenvalue weighted by molar-refractivity contribution is 5.86. The third-order valence-corrected chi connectivity index (χ3v) is 3.19. The van der Waals surface area contributed by atoms with Gasteiger partial charge in [0.1, 0.15) is 0 Å². The predicted molar refractivity (Wildman–Crippen MR) is 90.9 cm³/mol. The molecule has 0 unspecified atom stereocenters. The van der Waals surface area contributed by atoms with E-state index in [4.69, 9.17) is 5.73 Å². The number of carbonyl (C=O) groups is 1. The summed E-state index contributed by atoms with van der Waals surface area (Å²) in [5, 5.41) is 3.94. The lowest BCUT2D eigenvalue weighted by Crippen LogP contribution is -2.43. The van der Waals surface area contributed by atoms with E-state index in [2.05, 4.69) is 10.3 Å². The lowest BCUT2D eigenvalue weighted by Gasteiger charge is -2.15. The average molecular weight is 330 g/mol. The number of hydrogen-bond acceptors (Lipinski definition) is 3. The number of amides is 1. The molecule has 1 atom stereocenters. The monoisotopic (exact) mass is 329 g/mol. The maximum Gasteiger partial charge on any atom is 0.237 e. The van der Waals surface area contributed by atoms with Crippen molar-refractivity contribution in [1.29, 1.82) is 0 Å². The molecule has 0 radical (unpaired) electrons. The fourth-order valence-electron chi connectivity index (χ4n) is 1.91. The normalized spacial score (nSPS) is 11.4. The van der Waals surface area contributed by atoms with Crippen LogP contribution in [0.2, 0.25) is 0 Å². The highest BCUT2D eigenvalue weighted by atomic mass is 35.5. The first-order valence-corrected chi connectivity index (χ1v) is 6.45.